The van der Waals surface area contributed by atoms with Crippen LogP contribution in [0.2, 0.25) is 0 Å². The van der Waals surface area contributed by atoms with Gasteiger partial charge in [-0.25, -0.2) is 0 Å². The summed E-state index contributed by atoms with van der Waals surface area (Å²) in [6.45, 7) is 6.26. The fourth-order valence-electron chi connectivity index (χ4n) is 3.60. The summed E-state index contributed by atoms with van der Waals surface area (Å²) in [4.78, 5) is 20.5. The minimum Gasteiger partial charge on any atom is -0.355 e. The molecule has 1 aliphatic heterocycles. The summed E-state index contributed by atoms with van der Waals surface area (Å²) >= 11 is 1.81. The van der Waals surface area contributed by atoms with Gasteiger partial charge >= 0.3 is 0 Å². The summed E-state index contributed by atoms with van der Waals surface area (Å²) in [5, 5.41) is 11.8. The summed E-state index contributed by atoms with van der Waals surface area (Å²) in [5.74, 6) is 0.709. The fraction of sp³-hybridized carbons (Fsp3) is 0.455. The average Bonchev–Trinajstić information content (AvgIpc) is 3.44. The molecule has 1 atom stereocenters. The van der Waals surface area contributed by atoms with E-state index in [0.717, 1.165) is 31.2 Å². The number of rotatable bonds is 8. The summed E-state index contributed by atoms with van der Waals surface area (Å²) in [7, 11) is 1.77. The van der Waals surface area contributed by atoms with Gasteiger partial charge < -0.3 is 16.0 Å². The number of hydrogen-bond donors (Lipinski definition) is 3. The molecule has 156 valence electrons. The number of amides is 1. The normalized spacial score (nSPS) is 15.9. The molecule has 6 nitrogen and oxygen atoms in total. The second kappa shape index (κ2) is 11.0. The summed E-state index contributed by atoms with van der Waals surface area (Å²) < 4.78 is 0. The topological polar surface area (TPSA) is 68.8 Å². The second-order valence-electron chi connectivity index (χ2n) is 7.28. The number of guanidine groups is 1. The van der Waals surface area contributed by atoms with Crippen LogP contribution in [0.5, 0.6) is 0 Å². The number of hydrogen-bond acceptors (Lipinski definition) is 4. The predicted octanol–water partition coefficient (Wildman–Crippen LogP) is 2.79. The van der Waals surface area contributed by atoms with Crippen molar-refractivity contribution in [2.75, 3.05) is 39.8 Å². The molecule has 1 aromatic heterocycles. The van der Waals surface area contributed by atoms with E-state index in [1.54, 1.807) is 7.05 Å². The molecule has 1 aliphatic rings. The van der Waals surface area contributed by atoms with Crippen molar-refractivity contribution in [2.45, 2.75) is 25.8 Å². The van der Waals surface area contributed by atoms with Gasteiger partial charge in [0, 0.05) is 37.1 Å². The maximum absolute atomic E-state index is 12.2. The molecule has 3 rings (SSSR count). The Balaban J connectivity index is 1.43. The van der Waals surface area contributed by atoms with Gasteiger partial charge in [0.1, 0.15) is 0 Å². The number of likely N-dealkylation sites (tertiary alicyclic amines) is 1. The van der Waals surface area contributed by atoms with E-state index in [-0.39, 0.29) is 5.91 Å². The fourth-order valence-corrected chi connectivity index (χ4v) is 4.46. The second-order valence-corrected chi connectivity index (χ2v) is 8.26. The predicted molar refractivity (Wildman–Crippen MR) is 121 cm³/mol. The van der Waals surface area contributed by atoms with Gasteiger partial charge in [-0.2, -0.15) is 0 Å². The third-order valence-corrected chi connectivity index (χ3v) is 6.10. The summed E-state index contributed by atoms with van der Waals surface area (Å²) in [6, 6.07) is 12.3. The summed E-state index contributed by atoms with van der Waals surface area (Å²) in [5.41, 5.74) is 1.77. The first-order valence-electron chi connectivity index (χ1n) is 10.2. The van der Waals surface area contributed by atoms with Crippen LogP contribution in [-0.2, 0) is 0 Å². The highest BCUT2D eigenvalue weighted by Crippen LogP contribution is 2.27. The monoisotopic (exact) mass is 413 g/mol. The molecule has 0 bridgehead atoms. The van der Waals surface area contributed by atoms with Crippen LogP contribution in [0.15, 0.2) is 46.8 Å². The molecule has 1 saturated heterocycles. The van der Waals surface area contributed by atoms with Gasteiger partial charge in [0.25, 0.3) is 5.91 Å². The average molecular weight is 414 g/mol. The smallest absolute Gasteiger partial charge is 0.251 e. The zero-order valence-corrected chi connectivity index (χ0v) is 18.1. The molecule has 0 saturated carbocycles. The van der Waals surface area contributed by atoms with E-state index < -0.39 is 0 Å². The number of carbonyl (C=O) groups excluding carboxylic acids is 1. The highest BCUT2D eigenvalue weighted by Gasteiger charge is 2.24. The molecule has 7 heteroatoms. The van der Waals surface area contributed by atoms with Gasteiger partial charge in [-0.1, -0.05) is 23.8 Å². The molecule has 1 unspecified atom stereocenters. The van der Waals surface area contributed by atoms with Crippen LogP contribution >= 0.6 is 11.3 Å². The van der Waals surface area contributed by atoms with Gasteiger partial charge in [0.05, 0.1) is 6.04 Å². The molecule has 0 spiro atoms. The Hall–Kier alpha value is -2.38. The van der Waals surface area contributed by atoms with Crippen LogP contribution in [0.1, 0.15) is 39.7 Å². The van der Waals surface area contributed by atoms with Gasteiger partial charge in [-0.3, -0.25) is 14.7 Å². The van der Waals surface area contributed by atoms with E-state index in [1.807, 2.05) is 42.5 Å². The van der Waals surface area contributed by atoms with Gasteiger partial charge in [-0.15, -0.1) is 11.3 Å². The maximum Gasteiger partial charge on any atom is 0.251 e. The highest BCUT2D eigenvalue weighted by molar-refractivity contribution is 7.10. The standard InChI is InChI=1S/C22H31N5OS/c1-17-7-5-8-18(15-17)21(28)24-10-11-25-22(23-2)26-16-19(20-9-6-14-29-20)27-12-3-4-13-27/h5-9,14-15,19H,3-4,10-13,16H2,1-2H3,(H,24,28)(H2,23,25,26). The number of aryl methyl sites for hydroxylation is 1. The largest absolute Gasteiger partial charge is 0.355 e. The van der Waals surface area contributed by atoms with E-state index >= 15 is 0 Å². The van der Waals surface area contributed by atoms with Crippen molar-refractivity contribution in [1.29, 1.82) is 0 Å². The molecular weight excluding hydrogens is 382 g/mol. The molecule has 1 amide bonds. The Labute approximate surface area is 177 Å². The number of nitrogens with zero attached hydrogens (tertiary/aromatic N) is 2. The van der Waals surface area contributed by atoms with Crippen LogP contribution in [-0.4, -0.2) is 56.5 Å². The lowest BCUT2D eigenvalue weighted by Gasteiger charge is -2.27. The first-order valence-corrected chi connectivity index (χ1v) is 11.1. The first-order chi connectivity index (χ1) is 14.2. The first kappa shape index (κ1) is 21.3. The molecular formula is C22H31N5OS. The van der Waals surface area contributed by atoms with Crippen molar-refractivity contribution in [3.63, 3.8) is 0 Å². The van der Waals surface area contributed by atoms with E-state index in [9.17, 15) is 4.79 Å². The van der Waals surface area contributed by atoms with Gasteiger partial charge in [0.15, 0.2) is 5.96 Å². The lowest BCUT2D eigenvalue weighted by molar-refractivity contribution is 0.0954. The Bertz CT molecular complexity index is 799. The zero-order valence-electron chi connectivity index (χ0n) is 17.3. The number of thiophene rings is 1. The van der Waals surface area contributed by atoms with Gasteiger partial charge in [-0.05, 0) is 56.4 Å². The van der Waals surface area contributed by atoms with E-state index in [1.165, 1.54) is 17.7 Å². The van der Waals surface area contributed by atoms with Crippen molar-refractivity contribution in [2.24, 2.45) is 4.99 Å². The SMILES string of the molecule is CN=C(NCCNC(=O)c1cccc(C)c1)NCC(c1cccs1)N1CCCC1. The van der Waals surface area contributed by atoms with E-state index in [2.05, 4.69) is 43.4 Å². The van der Waals surface area contributed by atoms with Crippen LogP contribution in [0.4, 0.5) is 0 Å². The third-order valence-electron chi connectivity index (χ3n) is 5.12. The number of aliphatic imine (C=N–C) groups is 1. The zero-order chi connectivity index (χ0) is 20.5. The molecule has 3 N–H and O–H groups in total. The quantitative estimate of drug-likeness (QED) is 0.354. The lowest BCUT2D eigenvalue weighted by atomic mass is 10.1. The van der Waals surface area contributed by atoms with E-state index in [4.69, 9.17) is 0 Å². The molecule has 29 heavy (non-hydrogen) atoms. The van der Waals surface area contributed by atoms with Crippen LogP contribution in [0.3, 0.4) is 0 Å². The maximum atomic E-state index is 12.2. The molecule has 2 aromatic rings. The molecule has 0 radical (unpaired) electrons. The van der Waals surface area contributed by atoms with Crippen LogP contribution in [0, 0.1) is 6.92 Å². The Kier molecular flexibility index (Phi) is 8.07. The van der Waals surface area contributed by atoms with Crippen molar-refractivity contribution < 1.29 is 4.79 Å². The van der Waals surface area contributed by atoms with Crippen LogP contribution in [0.25, 0.3) is 0 Å². The molecule has 1 fully saturated rings. The number of benzene rings is 1. The molecule has 2 heterocycles. The third kappa shape index (κ3) is 6.30. The highest BCUT2D eigenvalue weighted by atomic mass is 32.1. The molecule has 0 aliphatic carbocycles. The Morgan fingerprint density at radius 2 is 1.93 bits per heavy atom. The number of nitrogens with one attached hydrogen (secondary N) is 3. The van der Waals surface area contributed by atoms with Crippen molar-refractivity contribution >= 4 is 23.2 Å². The summed E-state index contributed by atoms with van der Waals surface area (Å²) in [6.07, 6.45) is 2.55. The minimum absolute atomic E-state index is 0.0507. The lowest BCUT2D eigenvalue weighted by Crippen LogP contribution is -2.44. The van der Waals surface area contributed by atoms with Crippen LogP contribution < -0.4 is 16.0 Å². The van der Waals surface area contributed by atoms with Crippen molar-refractivity contribution in [3.05, 3.63) is 57.8 Å². The van der Waals surface area contributed by atoms with Crippen molar-refractivity contribution in [1.82, 2.24) is 20.9 Å². The molecule has 1 aromatic carbocycles. The number of carbonyl (C=O) groups is 1. The van der Waals surface area contributed by atoms with E-state index in [0.29, 0.717) is 24.7 Å². The van der Waals surface area contributed by atoms with Gasteiger partial charge in [0.2, 0.25) is 0 Å². The Morgan fingerprint density at radius 1 is 1.14 bits per heavy atom. The minimum atomic E-state index is -0.0507. The van der Waals surface area contributed by atoms with Crippen molar-refractivity contribution in [3.8, 4) is 0 Å². The Morgan fingerprint density at radius 3 is 2.62 bits per heavy atom.